The maximum atomic E-state index is 12.9. The summed E-state index contributed by atoms with van der Waals surface area (Å²) in [4.78, 5) is 19.7. The Bertz CT molecular complexity index is 980. The molecule has 1 amide bonds. The molecular weight excluding hydrogens is 432 g/mol. The molecule has 0 saturated carbocycles. The van der Waals surface area contributed by atoms with Gasteiger partial charge in [-0.3, -0.25) is 9.89 Å². The molecule has 0 unspecified atom stereocenters. The molecule has 0 N–H and O–H groups in total. The van der Waals surface area contributed by atoms with Crippen molar-refractivity contribution in [2.45, 2.75) is 45.3 Å². The van der Waals surface area contributed by atoms with Crippen molar-refractivity contribution in [1.82, 2.24) is 4.90 Å². The summed E-state index contributed by atoms with van der Waals surface area (Å²) in [5, 5.41) is 2.42. The van der Waals surface area contributed by atoms with Gasteiger partial charge >= 0.3 is 6.09 Å². The van der Waals surface area contributed by atoms with Gasteiger partial charge in [-0.25, -0.2) is 4.79 Å². The number of methoxy groups -OCH3 is 1. The molecule has 0 aliphatic carbocycles. The van der Waals surface area contributed by atoms with Crippen molar-refractivity contribution in [2.24, 2.45) is 10.9 Å². The van der Waals surface area contributed by atoms with Crippen molar-refractivity contribution < 1.29 is 14.3 Å². The van der Waals surface area contributed by atoms with Crippen LogP contribution in [0.25, 0.3) is 10.8 Å². The van der Waals surface area contributed by atoms with Gasteiger partial charge in [-0.05, 0) is 61.7 Å². The number of rotatable bonds is 3. The van der Waals surface area contributed by atoms with Crippen LogP contribution in [-0.4, -0.2) is 48.6 Å². The molecule has 1 fully saturated rings. The van der Waals surface area contributed by atoms with Gasteiger partial charge in [0.05, 0.1) is 18.3 Å². The molecule has 2 heterocycles. The number of likely N-dealkylation sites (tertiary alicyclic amines) is 1. The van der Waals surface area contributed by atoms with Crippen LogP contribution in [0.5, 0.6) is 0 Å². The number of carbonyl (C=O) groups excluding carboxylic acids is 1. The third kappa shape index (κ3) is 4.19. The SMILES string of the molecule is COC[C@H]1C[C@@H](C2=Nc3ccc4cc(Br)ccc4c3C2)N(C(=O)OC(C)(C)C)C1. The minimum absolute atomic E-state index is 0.0529. The maximum absolute atomic E-state index is 12.9. The second-order valence-electron chi connectivity index (χ2n) is 8.91. The number of carbonyl (C=O) groups is 1. The van der Waals surface area contributed by atoms with Crippen LogP contribution < -0.4 is 0 Å². The van der Waals surface area contributed by atoms with E-state index >= 15 is 0 Å². The number of nitrogens with zero attached hydrogens (tertiary/aromatic N) is 2. The van der Waals surface area contributed by atoms with Crippen molar-refractivity contribution in [3.63, 3.8) is 0 Å². The molecule has 154 valence electrons. The Morgan fingerprint density at radius 1 is 1.28 bits per heavy atom. The first kappa shape index (κ1) is 20.4. The highest BCUT2D eigenvalue weighted by molar-refractivity contribution is 9.10. The second-order valence-corrected chi connectivity index (χ2v) is 9.83. The quantitative estimate of drug-likeness (QED) is 0.609. The maximum Gasteiger partial charge on any atom is 0.410 e. The van der Waals surface area contributed by atoms with E-state index in [1.807, 2.05) is 25.7 Å². The molecule has 4 rings (SSSR count). The van der Waals surface area contributed by atoms with Gasteiger partial charge in [-0.15, -0.1) is 0 Å². The number of benzene rings is 2. The molecule has 2 aliphatic rings. The smallest absolute Gasteiger partial charge is 0.410 e. The van der Waals surface area contributed by atoms with Crippen LogP contribution in [0.3, 0.4) is 0 Å². The van der Waals surface area contributed by atoms with Gasteiger partial charge < -0.3 is 9.47 Å². The Morgan fingerprint density at radius 2 is 2.07 bits per heavy atom. The predicted octanol–water partition coefficient (Wildman–Crippen LogP) is 5.50. The molecule has 2 aromatic carbocycles. The Hall–Kier alpha value is -1.92. The molecule has 0 bridgehead atoms. The lowest BCUT2D eigenvalue weighted by molar-refractivity contribution is 0.0252. The number of hydrogen-bond donors (Lipinski definition) is 0. The number of ether oxygens (including phenoxy) is 2. The Morgan fingerprint density at radius 3 is 2.79 bits per heavy atom. The Balaban J connectivity index is 1.62. The Labute approximate surface area is 180 Å². The third-order valence-electron chi connectivity index (χ3n) is 5.49. The third-order valence-corrected chi connectivity index (χ3v) is 5.99. The van der Waals surface area contributed by atoms with Crippen molar-refractivity contribution in [1.29, 1.82) is 0 Å². The van der Waals surface area contributed by atoms with E-state index in [9.17, 15) is 4.79 Å². The molecule has 2 aromatic rings. The van der Waals surface area contributed by atoms with Crippen molar-refractivity contribution in [3.05, 3.63) is 40.4 Å². The monoisotopic (exact) mass is 458 g/mol. The second kappa shape index (κ2) is 7.73. The molecule has 0 aromatic heterocycles. The van der Waals surface area contributed by atoms with Crippen LogP contribution in [0.2, 0.25) is 0 Å². The summed E-state index contributed by atoms with van der Waals surface area (Å²) in [5.41, 5.74) is 2.77. The summed E-state index contributed by atoms with van der Waals surface area (Å²) in [6.07, 6.45) is 1.34. The summed E-state index contributed by atoms with van der Waals surface area (Å²) < 4.78 is 12.1. The molecule has 0 radical (unpaired) electrons. The number of amides is 1. The first-order chi connectivity index (χ1) is 13.7. The average molecular weight is 459 g/mol. The van der Waals surface area contributed by atoms with E-state index in [0.29, 0.717) is 13.2 Å². The van der Waals surface area contributed by atoms with Crippen LogP contribution >= 0.6 is 15.9 Å². The zero-order valence-corrected chi connectivity index (χ0v) is 19.0. The fourth-order valence-corrected chi connectivity index (χ4v) is 4.71. The molecule has 5 nitrogen and oxygen atoms in total. The van der Waals surface area contributed by atoms with E-state index < -0.39 is 5.60 Å². The van der Waals surface area contributed by atoms with Gasteiger partial charge in [0.2, 0.25) is 0 Å². The van der Waals surface area contributed by atoms with E-state index in [2.05, 4.69) is 46.3 Å². The summed E-state index contributed by atoms with van der Waals surface area (Å²) in [6.45, 7) is 6.96. The molecule has 0 spiro atoms. The summed E-state index contributed by atoms with van der Waals surface area (Å²) in [5.74, 6) is 0.289. The fourth-order valence-electron chi connectivity index (χ4n) is 4.33. The van der Waals surface area contributed by atoms with Gasteiger partial charge in [-0.1, -0.05) is 28.1 Å². The highest BCUT2D eigenvalue weighted by atomic mass is 79.9. The standard InChI is InChI=1S/C23H27BrN2O3/c1-23(2,3)29-22(27)26-12-14(13-28-4)9-21(26)20-11-18-17-7-6-16(24)10-15(17)5-8-19(18)25-20/h5-8,10,14,21H,9,11-13H2,1-4H3/t14-,21-/m0/s1. The number of halogens is 1. The van der Waals surface area contributed by atoms with Crippen molar-refractivity contribution in [3.8, 4) is 0 Å². The predicted molar refractivity (Wildman–Crippen MR) is 119 cm³/mol. The van der Waals surface area contributed by atoms with E-state index in [0.717, 1.165) is 28.7 Å². The van der Waals surface area contributed by atoms with Crippen LogP contribution in [-0.2, 0) is 15.9 Å². The van der Waals surface area contributed by atoms with Crippen molar-refractivity contribution >= 4 is 44.2 Å². The van der Waals surface area contributed by atoms with Crippen LogP contribution in [0, 0.1) is 5.92 Å². The summed E-state index contributed by atoms with van der Waals surface area (Å²) >= 11 is 3.55. The van der Waals surface area contributed by atoms with E-state index in [1.54, 1.807) is 7.11 Å². The summed E-state index contributed by atoms with van der Waals surface area (Å²) in [6, 6.07) is 10.5. The Kier molecular flexibility index (Phi) is 5.42. The number of fused-ring (bicyclic) bond motifs is 3. The lowest BCUT2D eigenvalue weighted by Gasteiger charge is -2.28. The first-order valence-electron chi connectivity index (χ1n) is 10.0. The lowest BCUT2D eigenvalue weighted by atomic mass is 9.96. The van der Waals surface area contributed by atoms with Gasteiger partial charge in [0, 0.05) is 36.2 Å². The number of hydrogen-bond acceptors (Lipinski definition) is 4. The fraction of sp³-hybridized carbons (Fsp3) is 0.478. The van der Waals surface area contributed by atoms with E-state index in [1.165, 1.54) is 16.3 Å². The molecule has 6 heteroatoms. The van der Waals surface area contributed by atoms with Gasteiger partial charge in [0.15, 0.2) is 0 Å². The highest BCUT2D eigenvalue weighted by Gasteiger charge is 2.41. The normalized spacial score (nSPS) is 21.4. The van der Waals surface area contributed by atoms with E-state index in [4.69, 9.17) is 14.5 Å². The zero-order valence-electron chi connectivity index (χ0n) is 17.4. The zero-order chi connectivity index (χ0) is 20.8. The molecule has 2 aliphatic heterocycles. The summed E-state index contributed by atoms with van der Waals surface area (Å²) in [7, 11) is 1.71. The van der Waals surface area contributed by atoms with Crippen molar-refractivity contribution in [2.75, 3.05) is 20.3 Å². The van der Waals surface area contributed by atoms with Crippen LogP contribution in [0.4, 0.5) is 10.5 Å². The van der Waals surface area contributed by atoms with Gasteiger partial charge in [0.1, 0.15) is 5.60 Å². The first-order valence-corrected chi connectivity index (χ1v) is 10.8. The molecule has 29 heavy (non-hydrogen) atoms. The van der Waals surface area contributed by atoms with Gasteiger partial charge in [-0.2, -0.15) is 0 Å². The largest absolute Gasteiger partial charge is 0.444 e. The number of aliphatic imine (C=N–C) groups is 1. The average Bonchev–Trinajstić information content (AvgIpc) is 3.24. The molecule has 2 atom stereocenters. The topological polar surface area (TPSA) is 51.1 Å². The van der Waals surface area contributed by atoms with Crippen LogP contribution in [0.15, 0.2) is 39.8 Å². The minimum Gasteiger partial charge on any atom is -0.444 e. The molecular formula is C23H27BrN2O3. The molecule has 1 saturated heterocycles. The van der Waals surface area contributed by atoms with E-state index in [-0.39, 0.29) is 18.1 Å². The highest BCUT2D eigenvalue weighted by Crippen LogP contribution is 2.38. The van der Waals surface area contributed by atoms with Gasteiger partial charge in [0.25, 0.3) is 0 Å². The lowest BCUT2D eigenvalue weighted by Crippen LogP contribution is -2.43. The minimum atomic E-state index is -0.523. The van der Waals surface area contributed by atoms with Crippen LogP contribution in [0.1, 0.15) is 32.8 Å².